The van der Waals surface area contributed by atoms with Crippen LogP contribution in [0.1, 0.15) is 137 Å². The fraction of sp³-hybridized carbons (Fsp3) is 0.920. The van der Waals surface area contributed by atoms with E-state index >= 15 is 0 Å². The topological polar surface area (TPSA) is 0 Å². The van der Waals surface area contributed by atoms with Crippen LogP contribution in [0.4, 0.5) is 0 Å². The van der Waals surface area contributed by atoms with Gasteiger partial charge in [-0.1, -0.05) is 111 Å². The Balaban J connectivity index is 3.52. The van der Waals surface area contributed by atoms with E-state index in [1.54, 1.807) is 0 Å². The molecule has 1 unspecified atom stereocenters. The number of rotatable bonds is 17. The van der Waals surface area contributed by atoms with Crippen molar-refractivity contribution in [3.05, 3.63) is 0 Å². The van der Waals surface area contributed by atoms with Crippen LogP contribution in [-0.4, -0.2) is 0 Å². The molecule has 0 nitrogen and oxygen atoms in total. The van der Waals surface area contributed by atoms with Crippen molar-refractivity contribution in [3.8, 4) is 11.8 Å². The summed E-state index contributed by atoms with van der Waals surface area (Å²) in [6.07, 6.45) is 23.4. The molecule has 0 amide bonds. The number of hydrogen-bond donors (Lipinski definition) is 0. The van der Waals surface area contributed by atoms with Crippen molar-refractivity contribution in [2.45, 2.75) is 137 Å². The molecule has 0 saturated carbocycles. The Morgan fingerprint density at radius 3 is 1.52 bits per heavy atom. The molecule has 0 aliphatic carbocycles. The van der Waals surface area contributed by atoms with Crippen LogP contribution < -0.4 is 0 Å². The summed E-state index contributed by atoms with van der Waals surface area (Å²) in [4.78, 5) is 0. The molecule has 0 aliphatic heterocycles. The molecule has 0 saturated heterocycles. The van der Waals surface area contributed by atoms with Crippen molar-refractivity contribution < 1.29 is 0 Å². The van der Waals surface area contributed by atoms with Crippen LogP contribution in [-0.2, 0) is 0 Å². The highest BCUT2D eigenvalue weighted by Crippen LogP contribution is 2.25. The predicted molar refractivity (Wildman–Crippen MR) is 116 cm³/mol. The van der Waals surface area contributed by atoms with Crippen molar-refractivity contribution in [2.24, 2.45) is 11.8 Å². The molecule has 0 rings (SSSR count). The molecule has 0 aliphatic rings. The van der Waals surface area contributed by atoms with Crippen molar-refractivity contribution in [1.82, 2.24) is 0 Å². The molecule has 0 fully saturated rings. The second-order valence-electron chi connectivity index (χ2n) is 8.32. The van der Waals surface area contributed by atoms with E-state index in [9.17, 15) is 0 Å². The third-order valence-corrected chi connectivity index (χ3v) is 5.50. The largest absolute Gasteiger partial charge is 0.103 e. The lowest BCUT2D eigenvalue weighted by molar-refractivity contribution is 0.313. The maximum Gasteiger partial charge on any atom is 0.00886 e. The minimum absolute atomic E-state index is 0.869. The molecule has 0 N–H and O–H groups in total. The Morgan fingerprint density at radius 2 is 1.00 bits per heavy atom. The fourth-order valence-electron chi connectivity index (χ4n) is 3.63. The van der Waals surface area contributed by atoms with Crippen molar-refractivity contribution >= 4 is 0 Å². The third kappa shape index (κ3) is 18.2. The van der Waals surface area contributed by atoms with Crippen LogP contribution in [0.25, 0.3) is 0 Å². The van der Waals surface area contributed by atoms with Gasteiger partial charge < -0.3 is 0 Å². The molecule has 0 bridgehead atoms. The Kier molecular flexibility index (Phi) is 19.5. The normalized spacial score (nSPS) is 12.2. The molecule has 25 heavy (non-hydrogen) atoms. The first-order valence-electron chi connectivity index (χ1n) is 11.7. The third-order valence-electron chi connectivity index (χ3n) is 5.50. The van der Waals surface area contributed by atoms with Gasteiger partial charge in [-0.25, -0.2) is 0 Å². The molecule has 1 atom stereocenters. The minimum Gasteiger partial charge on any atom is -0.103 e. The lowest BCUT2D eigenvalue weighted by atomic mass is 9.85. The van der Waals surface area contributed by atoms with Gasteiger partial charge in [-0.15, -0.1) is 11.8 Å². The van der Waals surface area contributed by atoms with Gasteiger partial charge in [0.1, 0.15) is 0 Å². The van der Waals surface area contributed by atoms with Gasteiger partial charge in [0, 0.05) is 12.8 Å². The molecule has 0 spiro atoms. The Labute approximate surface area is 160 Å². The first kappa shape index (κ1) is 24.6. The van der Waals surface area contributed by atoms with Crippen molar-refractivity contribution in [2.75, 3.05) is 0 Å². The monoisotopic (exact) mass is 348 g/mol. The van der Waals surface area contributed by atoms with E-state index in [4.69, 9.17) is 0 Å². The molecule has 0 heteroatoms. The number of unbranched alkanes of at least 4 members (excludes halogenated alkanes) is 12. The summed E-state index contributed by atoms with van der Waals surface area (Å²) in [6.45, 7) is 9.36. The highest BCUT2D eigenvalue weighted by atomic mass is 14.2. The van der Waals surface area contributed by atoms with Gasteiger partial charge in [0.2, 0.25) is 0 Å². The van der Waals surface area contributed by atoms with Gasteiger partial charge in [0.25, 0.3) is 0 Å². The minimum atomic E-state index is 0.869. The van der Waals surface area contributed by atoms with Crippen LogP contribution in [0, 0.1) is 23.7 Å². The maximum absolute atomic E-state index is 3.30. The van der Waals surface area contributed by atoms with Crippen LogP contribution in [0.15, 0.2) is 0 Å². The van der Waals surface area contributed by atoms with E-state index in [1.807, 2.05) is 0 Å². The zero-order chi connectivity index (χ0) is 18.6. The fourth-order valence-corrected chi connectivity index (χ4v) is 3.63. The standard InChI is InChI=1S/C25H48/c1-5-7-9-11-13-14-15-17-19-21-23-25(24(3)4)22-20-18-16-12-10-8-6-2/h24-25H,5-8,10,12-23H2,1-4H3. The second-order valence-corrected chi connectivity index (χ2v) is 8.32. The van der Waals surface area contributed by atoms with Crippen LogP contribution >= 0.6 is 0 Å². The Morgan fingerprint density at radius 1 is 0.520 bits per heavy atom. The van der Waals surface area contributed by atoms with E-state index in [0.717, 1.165) is 24.7 Å². The summed E-state index contributed by atoms with van der Waals surface area (Å²) in [7, 11) is 0. The summed E-state index contributed by atoms with van der Waals surface area (Å²) in [5.41, 5.74) is 0. The van der Waals surface area contributed by atoms with E-state index < -0.39 is 0 Å². The molecule has 148 valence electrons. The lowest BCUT2D eigenvalue weighted by Gasteiger charge is -2.20. The molecule has 0 heterocycles. The summed E-state index contributed by atoms with van der Waals surface area (Å²) in [5, 5.41) is 0. The lowest BCUT2D eigenvalue weighted by Crippen LogP contribution is -2.08. The Bertz CT molecular complexity index is 304. The first-order valence-corrected chi connectivity index (χ1v) is 11.7. The highest BCUT2D eigenvalue weighted by Gasteiger charge is 2.12. The zero-order valence-corrected chi connectivity index (χ0v) is 18.2. The van der Waals surface area contributed by atoms with Gasteiger partial charge in [-0.2, -0.15) is 0 Å². The molecule has 0 aromatic heterocycles. The van der Waals surface area contributed by atoms with Gasteiger partial charge in [0.15, 0.2) is 0 Å². The number of hydrogen-bond acceptors (Lipinski definition) is 0. The molecular formula is C25H48. The molecule has 0 aromatic carbocycles. The predicted octanol–water partition coefficient (Wildman–Crippen LogP) is 8.93. The summed E-state index contributed by atoms with van der Waals surface area (Å²) in [5.74, 6) is 8.40. The van der Waals surface area contributed by atoms with Gasteiger partial charge in [-0.05, 0) is 24.7 Å². The quantitative estimate of drug-likeness (QED) is 0.182. The zero-order valence-electron chi connectivity index (χ0n) is 18.2. The van der Waals surface area contributed by atoms with Gasteiger partial charge in [0.05, 0.1) is 0 Å². The van der Waals surface area contributed by atoms with Gasteiger partial charge >= 0.3 is 0 Å². The smallest absolute Gasteiger partial charge is 0.00886 e. The van der Waals surface area contributed by atoms with Gasteiger partial charge in [-0.3, -0.25) is 0 Å². The van der Waals surface area contributed by atoms with Crippen LogP contribution in [0.3, 0.4) is 0 Å². The van der Waals surface area contributed by atoms with E-state index in [0.29, 0.717) is 0 Å². The summed E-state index contributed by atoms with van der Waals surface area (Å²) < 4.78 is 0. The average Bonchev–Trinajstić information content (AvgIpc) is 2.60. The SMILES string of the molecule is CCCC#CCCCCCCCC(CCCCCCCCC)C(C)C. The van der Waals surface area contributed by atoms with Crippen LogP contribution in [0.5, 0.6) is 0 Å². The van der Waals surface area contributed by atoms with Crippen LogP contribution in [0.2, 0.25) is 0 Å². The Hall–Kier alpha value is -0.440. The molecule has 0 aromatic rings. The van der Waals surface area contributed by atoms with E-state index in [-0.39, 0.29) is 0 Å². The first-order chi connectivity index (χ1) is 12.2. The second kappa shape index (κ2) is 19.9. The highest BCUT2D eigenvalue weighted by molar-refractivity contribution is 4.98. The maximum atomic E-state index is 3.30. The van der Waals surface area contributed by atoms with Crippen molar-refractivity contribution in [1.29, 1.82) is 0 Å². The molecule has 0 radical (unpaired) electrons. The molecular weight excluding hydrogens is 300 g/mol. The van der Waals surface area contributed by atoms with E-state index in [1.165, 1.54) is 96.3 Å². The van der Waals surface area contributed by atoms with E-state index in [2.05, 4.69) is 39.5 Å². The van der Waals surface area contributed by atoms with Crippen molar-refractivity contribution in [3.63, 3.8) is 0 Å². The summed E-state index contributed by atoms with van der Waals surface area (Å²) >= 11 is 0. The average molecular weight is 349 g/mol. The summed E-state index contributed by atoms with van der Waals surface area (Å²) in [6, 6.07) is 0.